The first-order valence-electron chi connectivity index (χ1n) is 4.31. The standard InChI is InChI=1S/C8H18NOS.BrH.Sn/c1-4-9-7-10-6-8(3)11-5-2;;/h5,8-9H,4,6-7H2,1-3H3;1H;. The molecule has 0 spiro atoms. The van der Waals surface area contributed by atoms with E-state index >= 15 is 0 Å². The second kappa shape index (κ2) is 11.6. The average Bonchev–Trinajstić information content (AvgIpc) is 1.97. The third-order valence-corrected chi connectivity index (χ3v) is 3.42. The second-order valence-electron chi connectivity index (χ2n) is 2.71. The topological polar surface area (TPSA) is 21.3 Å². The van der Waals surface area contributed by atoms with Gasteiger partial charge in [0.05, 0.1) is 0 Å². The van der Waals surface area contributed by atoms with Crippen LogP contribution in [0.1, 0.15) is 20.8 Å². The summed E-state index contributed by atoms with van der Waals surface area (Å²) in [6, 6.07) is 0. The van der Waals surface area contributed by atoms with Crippen LogP contribution in [0.25, 0.3) is 0 Å². The molecule has 0 amide bonds. The molecule has 0 aliphatic heterocycles. The summed E-state index contributed by atoms with van der Waals surface area (Å²) in [4.78, 5) is 0. The Morgan fingerprint density at radius 3 is 2.54 bits per heavy atom. The Balaban J connectivity index is 0. The predicted molar refractivity (Wildman–Crippen MR) is 67.1 cm³/mol. The first kappa shape index (κ1) is 17.0. The molecule has 3 radical (unpaired) electrons. The van der Waals surface area contributed by atoms with E-state index in [1.165, 1.54) is 0 Å². The summed E-state index contributed by atoms with van der Waals surface area (Å²) in [5.74, 6) is 0. The molecule has 0 aromatic carbocycles. The van der Waals surface area contributed by atoms with Crippen molar-refractivity contribution in [2.24, 2.45) is 0 Å². The first-order valence-corrected chi connectivity index (χ1v) is 6.91. The molecule has 0 aromatic heterocycles. The van der Waals surface area contributed by atoms with E-state index in [1.54, 1.807) is 22.5 Å². The van der Waals surface area contributed by atoms with Gasteiger partial charge < -0.3 is 0 Å². The van der Waals surface area contributed by atoms with Crippen molar-refractivity contribution in [2.45, 2.75) is 29.3 Å². The Labute approximate surface area is 110 Å². The molecule has 79 valence electrons. The summed E-state index contributed by atoms with van der Waals surface area (Å²) in [6.45, 7) is 9.08. The molecule has 0 heterocycles. The number of hydrogen-bond acceptors (Lipinski definition) is 3. The molecule has 1 N–H and O–H groups in total. The van der Waals surface area contributed by atoms with Gasteiger partial charge in [-0.3, -0.25) is 0 Å². The van der Waals surface area contributed by atoms with Gasteiger partial charge in [0, 0.05) is 0 Å². The Hall–Kier alpha value is 1.55. The summed E-state index contributed by atoms with van der Waals surface area (Å²) in [7, 11) is 0. The quantitative estimate of drug-likeness (QED) is 0.416. The van der Waals surface area contributed by atoms with Crippen molar-refractivity contribution in [3.63, 3.8) is 0 Å². The number of hydrogen-bond donors (Lipinski definition) is 1. The Bertz CT molecular complexity index is 108. The van der Waals surface area contributed by atoms with Gasteiger partial charge in [0.2, 0.25) is 0 Å². The van der Waals surface area contributed by atoms with E-state index in [1.807, 2.05) is 11.8 Å². The SMILES string of the molecule is Br.CCNCOCC(C)S[CH](C)[Sn]. The van der Waals surface area contributed by atoms with E-state index in [4.69, 9.17) is 4.74 Å². The summed E-state index contributed by atoms with van der Waals surface area (Å²) in [5, 5.41) is 3.75. The monoisotopic (exact) mass is 376 g/mol. The van der Waals surface area contributed by atoms with Crippen LogP contribution in [0.4, 0.5) is 0 Å². The molecular weight excluding hydrogens is 357 g/mol. The van der Waals surface area contributed by atoms with Crippen LogP contribution in [0.2, 0.25) is 0 Å². The van der Waals surface area contributed by atoms with Crippen LogP contribution in [0.15, 0.2) is 0 Å². The molecule has 0 saturated carbocycles. The fraction of sp³-hybridized carbons (Fsp3) is 1.00. The molecule has 0 aliphatic rings. The third-order valence-electron chi connectivity index (χ3n) is 1.24. The number of ether oxygens (including phenoxy) is 1. The maximum absolute atomic E-state index is 5.41. The fourth-order valence-electron chi connectivity index (χ4n) is 0.787. The molecule has 2 atom stereocenters. The Morgan fingerprint density at radius 2 is 2.08 bits per heavy atom. The van der Waals surface area contributed by atoms with Gasteiger partial charge in [0.15, 0.2) is 0 Å². The summed E-state index contributed by atoms with van der Waals surface area (Å²) >= 11 is 3.60. The van der Waals surface area contributed by atoms with Crippen molar-refractivity contribution in [1.82, 2.24) is 5.32 Å². The predicted octanol–water partition coefficient (Wildman–Crippen LogP) is 1.78. The van der Waals surface area contributed by atoms with Gasteiger partial charge in [-0.05, 0) is 0 Å². The number of thioether (sulfide) groups is 1. The van der Waals surface area contributed by atoms with Crippen LogP contribution in [0.3, 0.4) is 0 Å². The number of halogens is 1. The molecule has 5 heteroatoms. The van der Waals surface area contributed by atoms with Gasteiger partial charge >= 0.3 is 93.5 Å². The van der Waals surface area contributed by atoms with Crippen LogP contribution in [0.5, 0.6) is 0 Å². The third kappa shape index (κ3) is 13.5. The van der Waals surface area contributed by atoms with Gasteiger partial charge in [0.1, 0.15) is 0 Å². The van der Waals surface area contributed by atoms with Crippen molar-refractivity contribution in [3.05, 3.63) is 0 Å². The minimum absolute atomic E-state index is 0. The van der Waals surface area contributed by atoms with E-state index in [0.29, 0.717) is 12.0 Å². The number of rotatable bonds is 7. The zero-order chi connectivity index (χ0) is 9.40. The molecule has 2 nitrogen and oxygen atoms in total. The summed E-state index contributed by atoms with van der Waals surface area (Å²) < 4.78 is 6.20. The molecule has 0 aromatic rings. The van der Waals surface area contributed by atoms with Gasteiger partial charge in [0.25, 0.3) is 0 Å². The first-order chi connectivity index (χ1) is 5.66. The van der Waals surface area contributed by atoms with Crippen LogP contribution >= 0.6 is 28.7 Å². The van der Waals surface area contributed by atoms with Crippen molar-refractivity contribution in [2.75, 3.05) is 19.9 Å². The normalized spacial score (nSPS) is 14.8. The van der Waals surface area contributed by atoms with Crippen LogP contribution in [-0.2, 0) is 4.74 Å². The molecule has 13 heavy (non-hydrogen) atoms. The van der Waals surface area contributed by atoms with Gasteiger partial charge in [-0.1, -0.05) is 0 Å². The van der Waals surface area contributed by atoms with E-state index < -0.39 is 0 Å². The molecule has 0 aliphatic carbocycles. The molecule has 2 unspecified atom stereocenters. The molecular formula is C8H19BrNOSSn. The molecule has 0 fully saturated rings. The van der Waals surface area contributed by atoms with E-state index in [9.17, 15) is 0 Å². The summed E-state index contributed by atoms with van der Waals surface area (Å²) in [6.07, 6.45) is 0. The minimum atomic E-state index is 0. The zero-order valence-corrected chi connectivity index (χ0v) is 13.9. The van der Waals surface area contributed by atoms with E-state index in [-0.39, 0.29) is 17.0 Å². The Kier molecular flexibility index (Phi) is 15.2. The average molecular weight is 376 g/mol. The van der Waals surface area contributed by atoms with Crippen LogP contribution in [0, 0.1) is 0 Å². The van der Waals surface area contributed by atoms with Gasteiger partial charge in [-0.15, -0.1) is 17.0 Å². The van der Waals surface area contributed by atoms with Crippen molar-refractivity contribution < 1.29 is 4.74 Å². The second-order valence-corrected chi connectivity index (χ2v) is 8.16. The van der Waals surface area contributed by atoms with E-state index in [2.05, 4.69) is 26.1 Å². The maximum atomic E-state index is 5.41. The molecule has 0 saturated heterocycles. The number of nitrogens with one attached hydrogen (secondary N) is 1. The fourth-order valence-corrected chi connectivity index (χ4v) is 3.65. The molecule has 0 rings (SSSR count). The van der Waals surface area contributed by atoms with Crippen molar-refractivity contribution >= 4 is 51.3 Å². The molecule has 0 bridgehead atoms. The van der Waals surface area contributed by atoms with Gasteiger partial charge in [-0.2, -0.15) is 0 Å². The van der Waals surface area contributed by atoms with Crippen molar-refractivity contribution in [3.8, 4) is 0 Å². The zero-order valence-electron chi connectivity index (χ0n) is 8.50. The van der Waals surface area contributed by atoms with Crippen LogP contribution in [-0.4, -0.2) is 50.9 Å². The Morgan fingerprint density at radius 1 is 1.46 bits per heavy atom. The van der Waals surface area contributed by atoms with Crippen molar-refractivity contribution in [1.29, 1.82) is 0 Å². The summed E-state index contributed by atoms with van der Waals surface area (Å²) in [5.41, 5.74) is 0. The van der Waals surface area contributed by atoms with Gasteiger partial charge in [-0.25, -0.2) is 0 Å². The van der Waals surface area contributed by atoms with E-state index in [0.717, 1.165) is 16.4 Å². The van der Waals surface area contributed by atoms with Crippen LogP contribution < -0.4 is 5.32 Å².